The minimum atomic E-state index is -4.42. The van der Waals surface area contributed by atoms with E-state index in [2.05, 4.69) is 26.3 Å². The Kier molecular flexibility index (Phi) is 5.92. The maximum Gasteiger partial charge on any atom is 0.416 e. The molecule has 146 valence electrons. The van der Waals surface area contributed by atoms with Crippen LogP contribution in [-0.4, -0.2) is 9.66 Å². The number of nitrogens with one attached hydrogen (secondary N) is 1. The number of fused-ring (bicyclic) bond motifs is 1. The van der Waals surface area contributed by atoms with Crippen molar-refractivity contribution < 1.29 is 17.6 Å². The van der Waals surface area contributed by atoms with E-state index in [0.29, 0.717) is 21.0 Å². The van der Waals surface area contributed by atoms with E-state index in [-0.39, 0.29) is 22.8 Å². The van der Waals surface area contributed by atoms with Gasteiger partial charge in [-0.3, -0.25) is 5.43 Å². The van der Waals surface area contributed by atoms with E-state index in [1.54, 1.807) is 22.9 Å². The molecule has 0 radical (unpaired) electrons. The summed E-state index contributed by atoms with van der Waals surface area (Å²) >= 11 is 4.73. The molecule has 1 aliphatic heterocycles. The molecule has 4 rings (SSSR count). The molecule has 0 atom stereocenters. The lowest BCUT2D eigenvalue weighted by atomic mass is 10.1. The van der Waals surface area contributed by atoms with E-state index in [1.165, 1.54) is 30.0 Å². The van der Waals surface area contributed by atoms with Gasteiger partial charge in [0.1, 0.15) is 16.1 Å². The van der Waals surface area contributed by atoms with Crippen molar-refractivity contribution in [2.24, 2.45) is 0 Å². The van der Waals surface area contributed by atoms with Gasteiger partial charge in [-0.2, -0.15) is 13.2 Å². The molecule has 28 heavy (non-hydrogen) atoms. The summed E-state index contributed by atoms with van der Waals surface area (Å²) in [6.07, 6.45) is -4.42. The van der Waals surface area contributed by atoms with Crippen molar-refractivity contribution in [2.75, 3.05) is 5.43 Å². The molecular weight excluding hydrogens is 526 g/mol. The van der Waals surface area contributed by atoms with Crippen LogP contribution in [0.3, 0.4) is 0 Å². The van der Waals surface area contributed by atoms with E-state index in [1.807, 2.05) is 5.41 Å². The van der Waals surface area contributed by atoms with Gasteiger partial charge in [0.25, 0.3) is 0 Å². The Hall–Kier alpha value is -1.78. The number of rotatable bonds is 2. The van der Waals surface area contributed by atoms with E-state index >= 15 is 0 Å². The van der Waals surface area contributed by atoms with Crippen molar-refractivity contribution in [3.63, 3.8) is 0 Å². The van der Waals surface area contributed by atoms with Crippen LogP contribution in [0, 0.1) is 5.82 Å². The Bertz CT molecular complexity index is 1050. The average Bonchev–Trinajstić information content (AvgIpc) is 2.98. The molecule has 0 saturated carbocycles. The van der Waals surface area contributed by atoms with Crippen LogP contribution in [0.2, 0.25) is 0 Å². The predicted octanol–water partition coefficient (Wildman–Crippen LogP) is 6.70. The molecule has 2 aromatic carbocycles. The number of benzene rings is 2. The molecule has 10 heteroatoms. The fourth-order valence-corrected chi connectivity index (χ4v) is 4.09. The lowest BCUT2D eigenvalue weighted by Crippen LogP contribution is -2.17. The Morgan fingerprint density at radius 3 is 2.43 bits per heavy atom. The standard InChI is InChI=1S/C18H10BrF4N3S.BrH/c19-16-15(11-2-1-3-12(8-11)18(21,22)23)24-17-26(16)25-14(9-27-17)10-4-6-13(20)7-5-10;/h1-9,25H;1H. The van der Waals surface area contributed by atoms with Crippen LogP contribution in [0.25, 0.3) is 17.0 Å². The molecule has 2 heterocycles. The summed E-state index contributed by atoms with van der Waals surface area (Å²) in [5.74, 6) is -0.334. The molecule has 0 unspecified atom stereocenters. The van der Waals surface area contributed by atoms with Crippen molar-refractivity contribution >= 4 is 50.4 Å². The minimum absolute atomic E-state index is 0. The first-order valence-corrected chi connectivity index (χ1v) is 9.36. The van der Waals surface area contributed by atoms with Gasteiger partial charge < -0.3 is 0 Å². The van der Waals surface area contributed by atoms with E-state index < -0.39 is 11.7 Å². The zero-order chi connectivity index (χ0) is 19.2. The van der Waals surface area contributed by atoms with Gasteiger partial charge in [-0.25, -0.2) is 14.1 Å². The highest BCUT2D eigenvalue weighted by molar-refractivity contribution is 9.10. The first-order valence-electron chi connectivity index (χ1n) is 7.68. The molecule has 0 spiro atoms. The van der Waals surface area contributed by atoms with E-state index in [9.17, 15) is 17.6 Å². The second kappa shape index (κ2) is 7.92. The number of halogens is 6. The number of thioether (sulfide) groups is 1. The van der Waals surface area contributed by atoms with Gasteiger partial charge in [0.15, 0.2) is 5.16 Å². The molecule has 3 aromatic rings. The molecule has 0 fully saturated rings. The summed E-state index contributed by atoms with van der Waals surface area (Å²) in [5, 5.41) is 2.39. The molecule has 1 aliphatic rings. The Balaban J connectivity index is 0.00000225. The van der Waals surface area contributed by atoms with Gasteiger partial charge in [-0.15, -0.1) is 17.0 Å². The van der Waals surface area contributed by atoms with Gasteiger partial charge in [-0.1, -0.05) is 23.9 Å². The van der Waals surface area contributed by atoms with Gasteiger partial charge in [-0.05, 0) is 52.3 Å². The van der Waals surface area contributed by atoms with Gasteiger partial charge in [0, 0.05) is 16.5 Å². The van der Waals surface area contributed by atoms with Gasteiger partial charge in [0.2, 0.25) is 0 Å². The Labute approximate surface area is 180 Å². The largest absolute Gasteiger partial charge is 0.416 e. The summed E-state index contributed by atoms with van der Waals surface area (Å²) in [6, 6.07) is 11.0. The minimum Gasteiger partial charge on any atom is -0.290 e. The number of aromatic nitrogens is 2. The van der Waals surface area contributed by atoms with Crippen LogP contribution in [0.4, 0.5) is 17.6 Å². The van der Waals surface area contributed by atoms with Crippen molar-refractivity contribution in [1.29, 1.82) is 0 Å². The Morgan fingerprint density at radius 1 is 1.04 bits per heavy atom. The highest BCUT2D eigenvalue weighted by atomic mass is 79.9. The second-order valence-electron chi connectivity index (χ2n) is 5.72. The van der Waals surface area contributed by atoms with Crippen molar-refractivity contribution in [2.45, 2.75) is 11.3 Å². The molecular formula is C18H11Br2F4N3S. The zero-order valence-electron chi connectivity index (χ0n) is 13.8. The maximum absolute atomic E-state index is 13.1. The first kappa shape index (κ1) is 20.9. The summed E-state index contributed by atoms with van der Waals surface area (Å²) in [4.78, 5) is 4.43. The maximum atomic E-state index is 13.1. The summed E-state index contributed by atoms with van der Waals surface area (Å²) in [7, 11) is 0. The highest BCUT2D eigenvalue weighted by Gasteiger charge is 2.31. The van der Waals surface area contributed by atoms with Crippen LogP contribution in [0.15, 0.2) is 63.7 Å². The normalized spacial score (nSPS) is 13.2. The van der Waals surface area contributed by atoms with Crippen LogP contribution in [-0.2, 0) is 6.18 Å². The number of hydrogen-bond acceptors (Lipinski definition) is 3. The van der Waals surface area contributed by atoms with Crippen LogP contribution < -0.4 is 5.43 Å². The predicted molar refractivity (Wildman–Crippen MR) is 110 cm³/mol. The fraction of sp³-hybridized carbons (Fsp3) is 0.0556. The smallest absolute Gasteiger partial charge is 0.290 e. The third-order valence-electron chi connectivity index (χ3n) is 3.92. The molecule has 0 amide bonds. The van der Waals surface area contributed by atoms with Crippen molar-refractivity contribution in [3.05, 3.63) is 75.5 Å². The monoisotopic (exact) mass is 535 g/mol. The number of alkyl halides is 3. The van der Waals surface area contributed by atoms with E-state index in [0.717, 1.165) is 23.4 Å². The molecule has 1 N–H and O–H groups in total. The van der Waals surface area contributed by atoms with Crippen LogP contribution >= 0.6 is 44.7 Å². The zero-order valence-corrected chi connectivity index (χ0v) is 17.9. The number of nitrogens with zero attached hydrogens (tertiary/aromatic N) is 2. The number of hydrogen-bond donors (Lipinski definition) is 1. The van der Waals surface area contributed by atoms with Crippen molar-refractivity contribution in [1.82, 2.24) is 9.66 Å². The lowest BCUT2D eigenvalue weighted by molar-refractivity contribution is -0.137. The van der Waals surface area contributed by atoms with E-state index in [4.69, 9.17) is 0 Å². The van der Waals surface area contributed by atoms with Crippen molar-refractivity contribution in [3.8, 4) is 11.3 Å². The third kappa shape index (κ3) is 3.99. The van der Waals surface area contributed by atoms with Crippen LogP contribution in [0.1, 0.15) is 11.1 Å². The molecule has 0 saturated heterocycles. The average molecular weight is 537 g/mol. The third-order valence-corrected chi connectivity index (χ3v) is 5.49. The Morgan fingerprint density at radius 2 is 1.75 bits per heavy atom. The second-order valence-corrected chi connectivity index (χ2v) is 7.30. The molecule has 0 bridgehead atoms. The van der Waals surface area contributed by atoms with Crippen LogP contribution in [0.5, 0.6) is 0 Å². The highest BCUT2D eigenvalue weighted by Crippen LogP contribution is 2.38. The fourth-order valence-electron chi connectivity index (χ4n) is 2.60. The molecule has 3 nitrogen and oxygen atoms in total. The molecule has 0 aliphatic carbocycles. The van der Waals surface area contributed by atoms with Gasteiger partial charge >= 0.3 is 6.18 Å². The molecule has 1 aromatic heterocycles. The SMILES string of the molecule is Br.Fc1ccc(C2=CSc3nc(-c4cccc(C(F)(F)F)c4)c(Br)n3N2)cc1. The quantitative estimate of drug-likeness (QED) is 0.370. The lowest BCUT2D eigenvalue weighted by Gasteiger charge is -2.18. The first-order chi connectivity index (χ1) is 12.8. The summed E-state index contributed by atoms with van der Waals surface area (Å²) < 4.78 is 54.2. The summed E-state index contributed by atoms with van der Waals surface area (Å²) in [6.45, 7) is 0. The van der Waals surface area contributed by atoms with Gasteiger partial charge in [0.05, 0.1) is 11.3 Å². The number of imidazole rings is 1. The topological polar surface area (TPSA) is 29.9 Å². The summed E-state index contributed by atoms with van der Waals surface area (Å²) in [5.41, 5.74) is 4.65.